The monoisotopic (exact) mass is 378 g/mol. The lowest BCUT2D eigenvalue weighted by atomic mass is 10.2. The molecule has 0 heterocycles. The van der Waals surface area contributed by atoms with E-state index < -0.39 is 11.7 Å². The van der Waals surface area contributed by atoms with E-state index in [4.69, 9.17) is 5.73 Å². The lowest BCUT2D eigenvalue weighted by molar-refractivity contribution is 0.102. The first kappa shape index (κ1) is 18.9. The third-order valence-electron chi connectivity index (χ3n) is 3.96. The van der Waals surface area contributed by atoms with Gasteiger partial charge >= 0.3 is 6.03 Å². The number of benzene rings is 3. The van der Waals surface area contributed by atoms with E-state index in [1.807, 2.05) is 30.3 Å². The normalized spacial score (nSPS) is 10.2. The van der Waals surface area contributed by atoms with E-state index in [0.717, 1.165) is 11.6 Å². The van der Waals surface area contributed by atoms with Crippen molar-refractivity contribution < 1.29 is 14.0 Å². The fraction of sp³-hybridized carbons (Fsp3) is 0.0476. The number of carbonyl (C=O) groups is 2. The number of nitrogens with one attached hydrogen (secondary N) is 3. The first-order valence-electron chi connectivity index (χ1n) is 8.56. The summed E-state index contributed by atoms with van der Waals surface area (Å²) in [6.45, 7) is 0.409. The molecule has 7 heteroatoms. The molecule has 142 valence electrons. The van der Waals surface area contributed by atoms with Gasteiger partial charge in [-0.3, -0.25) is 4.79 Å². The van der Waals surface area contributed by atoms with Crippen LogP contribution in [0.25, 0.3) is 0 Å². The summed E-state index contributed by atoms with van der Waals surface area (Å²) in [6.07, 6.45) is 0. The summed E-state index contributed by atoms with van der Waals surface area (Å²) < 4.78 is 13.1. The minimum atomic E-state index is -0.475. The Balaban J connectivity index is 1.55. The maximum atomic E-state index is 13.1. The van der Waals surface area contributed by atoms with Gasteiger partial charge in [0, 0.05) is 17.8 Å². The zero-order chi connectivity index (χ0) is 19.9. The van der Waals surface area contributed by atoms with E-state index in [1.165, 1.54) is 12.1 Å². The van der Waals surface area contributed by atoms with Crippen molar-refractivity contribution in [3.8, 4) is 0 Å². The van der Waals surface area contributed by atoms with Gasteiger partial charge in [-0.2, -0.15) is 0 Å². The van der Waals surface area contributed by atoms with Crippen LogP contribution in [-0.4, -0.2) is 11.9 Å². The Morgan fingerprint density at radius 1 is 0.893 bits per heavy atom. The number of hydrogen-bond acceptors (Lipinski definition) is 3. The minimum absolute atomic E-state index is 0.140. The molecule has 0 spiro atoms. The summed E-state index contributed by atoms with van der Waals surface area (Å²) in [4.78, 5) is 24.2. The van der Waals surface area contributed by atoms with Crippen LogP contribution in [0.2, 0.25) is 0 Å². The molecule has 0 bridgehead atoms. The summed E-state index contributed by atoms with van der Waals surface area (Å²) >= 11 is 0. The first-order valence-corrected chi connectivity index (χ1v) is 8.56. The van der Waals surface area contributed by atoms with Gasteiger partial charge in [0.1, 0.15) is 5.82 Å². The van der Waals surface area contributed by atoms with Crippen LogP contribution in [0.15, 0.2) is 72.8 Å². The van der Waals surface area contributed by atoms with Crippen LogP contribution < -0.4 is 21.7 Å². The van der Waals surface area contributed by atoms with Crippen LogP contribution in [0.3, 0.4) is 0 Å². The molecule has 0 saturated heterocycles. The molecule has 0 aromatic heterocycles. The molecule has 5 N–H and O–H groups in total. The highest BCUT2D eigenvalue weighted by Crippen LogP contribution is 2.20. The molecular weight excluding hydrogens is 359 g/mol. The molecular formula is C21H19FN4O2. The summed E-state index contributed by atoms with van der Waals surface area (Å²) in [5, 5.41) is 8.08. The molecule has 3 aromatic carbocycles. The molecule has 0 aliphatic carbocycles. The minimum Gasteiger partial charge on any atom is -0.397 e. The van der Waals surface area contributed by atoms with Gasteiger partial charge < -0.3 is 21.7 Å². The number of rotatable bonds is 5. The Kier molecular flexibility index (Phi) is 5.86. The first-order chi connectivity index (χ1) is 13.5. The third-order valence-corrected chi connectivity index (χ3v) is 3.96. The zero-order valence-electron chi connectivity index (χ0n) is 14.9. The SMILES string of the molecule is Nc1cc(F)ccc1NC(=O)c1ccc(NC(=O)NCc2ccccc2)cc1. The highest BCUT2D eigenvalue weighted by atomic mass is 19.1. The number of halogens is 1. The van der Waals surface area contributed by atoms with E-state index in [-0.39, 0.29) is 11.7 Å². The molecule has 3 amide bonds. The lowest BCUT2D eigenvalue weighted by Crippen LogP contribution is -2.28. The number of nitrogens with two attached hydrogens (primary N) is 1. The van der Waals surface area contributed by atoms with Gasteiger partial charge in [0.15, 0.2) is 0 Å². The van der Waals surface area contributed by atoms with Crippen LogP contribution in [0.4, 0.5) is 26.2 Å². The molecule has 0 unspecified atom stereocenters. The molecule has 0 saturated carbocycles. The molecule has 0 aliphatic heterocycles. The number of urea groups is 1. The van der Waals surface area contributed by atoms with Crippen molar-refractivity contribution in [2.75, 3.05) is 16.4 Å². The third kappa shape index (κ3) is 5.07. The topological polar surface area (TPSA) is 96.2 Å². The highest BCUT2D eigenvalue weighted by molar-refractivity contribution is 6.06. The fourth-order valence-corrected chi connectivity index (χ4v) is 2.50. The van der Waals surface area contributed by atoms with Crippen LogP contribution in [0.1, 0.15) is 15.9 Å². The molecule has 0 aliphatic rings. The van der Waals surface area contributed by atoms with E-state index in [0.29, 0.717) is 23.5 Å². The average molecular weight is 378 g/mol. The van der Waals surface area contributed by atoms with Gasteiger partial charge in [0.25, 0.3) is 5.91 Å². The maximum absolute atomic E-state index is 13.1. The predicted octanol–water partition coefficient (Wildman–Crippen LogP) is 3.98. The second kappa shape index (κ2) is 8.68. The van der Waals surface area contributed by atoms with Crippen molar-refractivity contribution in [1.29, 1.82) is 0 Å². The van der Waals surface area contributed by atoms with Gasteiger partial charge in [-0.25, -0.2) is 9.18 Å². The highest BCUT2D eigenvalue weighted by Gasteiger charge is 2.09. The van der Waals surface area contributed by atoms with Crippen molar-refractivity contribution >= 4 is 29.0 Å². The maximum Gasteiger partial charge on any atom is 0.319 e. The van der Waals surface area contributed by atoms with Gasteiger partial charge in [-0.15, -0.1) is 0 Å². The molecule has 3 aromatic rings. The Hall–Kier alpha value is -3.87. The van der Waals surface area contributed by atoms with Crippen LogP contribution in [0, 0.1) is 5.82 Å². The van der Waals surface area contributed by atoms with Gasteiger partial charge in [-0.1, -0.05) is 30.3 Å². The standard InChI is InChI=1S/C21H19FN4O2/c22-16-8-11-19(18(23)12-16)26-20(27)15-6-9-17(10-7-15)25-21(28)24-13-14-4-2-1-3-5-14/h1-12H,13,23H2,(H,26,27)(H2,24,25,28). The average Bonchev–Trinajstić information content (AvgIpc) is 2.70. The van der Waals surface area contributed by atoms with Gasteiger partial charge in [0.05, 0.1) is 11.4 Å². The second-order valence-corrected chi connectivity index (χ2v) is 6.06. The van der Waals surface area contributed by atoms with E-state index in [9.17, 15) is 14.0 Å². The van der Waals surface area contributed by atoms with Crippen molar-refractivity contribution in [1.82, 2.24) is 5.32 Å². The smallest absolute Gasteiger partial charge is 0.319 e. The van der Waals surface area contributed by atoms with Crippen molar-refractivity contribution in [2.24, 2.45) is 0 Å². The van der Waals surface area contributed by atoms with Crippen LogP contribution in [0.5, 0.6) is 0 Å². The molecule has 0 radical (unpaired) electrons. The van der Waals surface area contributed by atoms with E-state index in [1.54, 1.807) is 24.3 Å². The van der Waals surface area contributed by atoms with Crippen molar-refractivity contribution in [3.05, 3.63) is 89.7 Å². The molecule has 3 rings (SSSR count). The lowest BCUT2D eigenvalue weighted by Gasteiger charge is -2.10. The summed E-state index contributed by atoms with van der Waals surface area (Å²) in [5.74, 6) is -0.866. The van der Waals surface area contributed by atoms with Crippen molar-refractivity contribution in [2.45, 2.75) is 6.54 Å². The van der Waals surface area contributed by atoms with E-state index in [2.05, 4.69) is 16.0 Å². The largest absolute Gasteiger partial charge is 0.397 e. The van der Waals surface area contributed by atoms with Crippen molar-refractivity contribution in [3.63, 3.8) is 0 Å². The Morgan fingerprint density at radius 3 is 2.29 bits per heavy atom. The summed E-state index contributed by atoms with van der Waals surface area (Å²) in [7, 11) is 0. The van der Waals surface area contributed by atoms with Gasteiger partial charge in [0.2, 0.25) is 0 Å². The predicted molar refractivity (Wildman–Crippen MR) is 108 cm³/mol. The number of carbonyl (C=O) groups excluding carboxylic acids is 2. The summed E-state index contributed by atoms with van der Waals surface area (Å²) in [5.41, 5.74) is 8.07. The molecule has 28 heavy (non-hydrogen) atoms. The Labute approximate surface area is 161 Å². The Bertz CT molecular complexity index is 975. The summed E-state index contributed by atoms with van der Waals surface area (Å²) in [6, 6.07) is 19.3. The number of anilines is 3. The fourth-order valence-electron chi connectivity index (χ4n) is 2.50. The molecule has 6 nitrogen and oxygen atoms in total. The molecule has 0 fully saturated rings. The van der Waals surface area contributed by atoms with Gasteiger partial charge in [-0.05, 0) is 48.0 Å². The zero-order valence-corrected chi connectivity index (χ0v) is 14.9. The second-order valence-electron chi connectivity index (χ2n) is 6.06. The Morgan fingerprint density at radius 2 is 1.61 bits per heavy atom. The molecule has 0 atom stereocenters. The van der Waals surface area contributed by atoms with E-state index >= 15 is 0 Å². The number of nitrogen functional groups attached to an aromatic ring is 1. The quantitative estimate of drug-likeness (QED) is 0.506. The number of hydrogen-bond donors (Lipinski definition) is 4. The number of amides is 3. The van der Waals surface area contributed by atoms with Crippen LogP contribution in [-0.2, 0) is 6.54 Å². The van der Waals surface area contributed by atoms with Crippen LogP contribution >= 0.6 is 0 Å².